The zero-order chi connectivity index (χ0) is 17.5. The van der Waals surface area contributed by atoms with Crippen LogP contribution in [0.25, 0.3) is 39.1 Å². The summed E-state index contributed by atoms with van der Waals surface area (Å²) < 4.78 is 1.56. The molecule has 0 spiro atoms. The van der Waals surface area contributed by atoms with E-state index in [0.29, 0.717) is 17.0 Å². The summed E-state index contributed by atoms with van der Waals surface area (Å²) in [6.45, 7) is 0. The van der Waals surface area contributed by atoms with Gasteiger partial charge in [0, 0.05) is 17.1 Å². The SMILES string of the molecule is O=c1[nH]c2cnc(-c3cccc4ncccc34)nc2n1-c1ccccc1. The minimum Gasteiger partial charge on any atom is -0.303 e. The van der Waals surface area contributed by atoms with E-state index in [1.807, 2.05) is 60.7 Å². The van der Waals surface area contributed by atoms with E-state index < -0.39 is 0 Å². The lowest BCUT2D eigenvalue weighted by atomic mass is 10.1. The minimum absolute atomic E-state index is 0.239. The second-order valence-corrected chi connectivity index (χ2v) is 5.91. The van der Waals surface area contributed by atoms with Crippen molar-refractivity contribution in [1.29, 1.82) is 0 Å². The van der Waals surface area contributed by atoms with Crippen LogP contribution in [0.15, 0.2) is 77.9 Å². The zero-order valence-corrected chi connectivity index (χ0v) is 13.6. The first-order valence-electron chi connectivity index (χ1n) is 8.18. The number of rotatable bonds is 2. The first kappa shape index (κ1) is 14.5. The monoisotopic (exact) mass is 339 g/mol. The van der Waals surface area contributed by atoms with Gasteiger partial charge in [-0.15, -0.1) is 0 Å². The molecular formula is C20H13N5O. The average molecular weight is 339 g/mol. The fourth-order valence-electron chi connectivity index (χ4n) is 3.14. The van der Waals surface area contributed by atoms with Crippen LogP contribution in [0.1, 0.15) is 0 Å². The molecule has 0 amide bonds. The molecule has 2 aromatic carbocycles. The molecule has 0 bridgehead atoms. The molecule has 3 aromatic heterocycles. The Morgan fingerprint density at radius 2 is 1.77 bits per heavy atom. The lowest BCUT2D eigenvalue weighted by Gasteiger charge is -2.06. The van der Waals surface area contributed by atoms with Crippen molar-refractivity contribution in [2.24, 2.45) is 0 Å². The summed E-state index contributed by atoms with van der Waals surface area (Å²) in [6.07, 6.45) is 3.41. The molecule has 0 fully saturated rings. The number of pyridine rings is 1. The Morgan fingerprint density at radius 1 is 0.885 bits per heavy atom. The minimum atomic E-state index is -0.239. The van der Waals surface area contributed by atoms with E-state index >= 15 is 0 Å². The summed E-state index contributed by atoms with van der Waals surface area (Å²) in [5, 5.41) is 0.971. The number of aromatic nitrogens is 5. The van der Waals surface area contributed by atoms with E-state index in [-0.39, 0.29) is 5.69 Å². The molecule has 0 saturated carbocycles. The summed E-state index contributed by atoms with van der Waals surface area (Å²) in [5.74, 6) is 0.555. The maximum atomic E-state index is 12.4. The van der Waals surface area contributed by atoms with Gasteiger partial charge in [-0.3, -0.25) is 4.98 Å². The topological polar surface area (TPSA) is 76.5 Å². The Hall–Kier alpha value is -3.80. The molecule has 5 aromatic rings. The Morgan fingerprint density at radius 3 is 2.65 bits per heavy atom. The molecule has 0 atom stereocenters. The van der Waals surface area contributed by atoms with E-state index in [0.717, 1.165) is 22.2 Å². The van der Waals surface area contributed by atoms with Crippen molar-refractivity contribution in [2.75, 3.05) is 0 Å². The van der Waals surface area contributed by atoms with Crippen LogP contribution >= 0.6 is 0 Å². The highest BCUT2D eigenvalue weighted by atomic mass is 16.1. The van der Waals surface area contributed by atoms with Crippen LogP contribution in [0.3, 0.4) is 0 Å². The van der Waals surface area contributed by atoms with E-state index in [1.165, 1.54) is 0 Å². The van der Waals surface area contributed by atoms with Crippen molar-refractivity contribution in [3.8, 4) is 17.1 Å². The molecule has 6 heteroatoms. The number of nitrogens with zero attached hydrogens (tertiary/aromatic N) is 4. The first-order valence-corrected chi connectivity index (χ1v) is 8.18. The van der Waals surface area contributed by atoms with Gasteiger partial charge in [0.1, 0.15) is 5.52 Å². The number of fused-ring (bicyclic) bond motifs is 2. The Balaban J connectivity index is 1.79. The molecule has 0 saturated heterocycles. The summed E-state index contributed by atoms with van der Waals surface area (Å²) >= 11 is 0. The number of hydrogen-bond donors (Lipinski definition) is 1. The maximum absolute atomic E-state index is 12.4. The molecule has 5 rings (SSSR count). The Bertz CT molecular complexity index is 1300. The molecule has 3 heterocycles. The Kier molecular flexibility index (Phi) is 3.15. The van der Waals surface area contributed by atoms with E-state index in [1.54, 1.807) is 17.0 Å². The van der Waals surface area contributed by atoms with Crippen LogP contribution in [0.5, 0.6) is 0 Å². The summed E-state index contributed by atoms with van der Waals surface area (Å²) in [6, 6.07) is 19.2. The highest BCUT2D eigenvalue weighted by Gasteiger charge is 2.13. The van der Waals surface area contributed by atoms with Crippen molar-refractivity contribution in [1.82, 2.24) is 24.5 Å². The van der Waals surface area contributed by atoms with Crippen molar-refractivity contribution in [2.45, 2.75) is 0 Å². The third-order valence-corrected chi connectivity index (χ3v) is 4.33. The number of benzene rings is 2. The van der Waals surface area contributed by atoms with Crippen LogP contribution in [0, 0.1) is 0 Å². The number of nitrogens with one attached hydrogen (secondary N) is 1. The van der Waals surface area contributed by atoms with Gasteiger partial charge in [0.25, 0.3) is 0 Å². The fourth-order valence-corrected chi connectivity index (χ4v) is 3.14. The predicted octanol–water partition coefficient (Wildman–Crippen LogP) is 3.32. The number of aromatic amines is 1. The largest absolute Gasteiger partial charge is 0.332 e. The molecule has 0 aliphatic rings. The molecule has 26 heavy (non-hydrogen) atoms. The van der Waals surface area contributed by atoms with Crippen LogP contribution in [0.4, 0.5) is 0 Å². The highest BCUT2D eigenvalue weighted by Crippen LogP contribution is 2.26. The standard InChI is InChI=1S/C20H13N5O/c26-20-23-17-12-22-18(15-8-4-10-16-14(15)9-5-11-21-16)24-19(17)25(20)13-6-2-1-3-7-13/h1-12H,(H,23,26). The van der Waals surface area contributed by atoms with Gasteiger partial charge in [0.15, 0.2) is 11.5 Å². The second kappa shape index (κ2) is 5.63. The Labute approximate surface area is 147 Å². The van der Waals surface area contributed by atoms with Crippen molar-refractivity contribution >= 4 is 22.1 Å². The average Bonchev–Trinajstić information content (AvgIpc) is 3.03. The van der Waals surface area contributed by atoms with E-state index in [2.05, 4.69) is 19.9 Å². The zero-order valence-electron chi connectivity index (χ0n) is 13.6. The van der Waals surface area contributed by atoms with Crippen molar-refractivity contribution < 1.29 is 0 Å². The van der Waals surface area contributed by atoms with Crippen LogP contribution in [-0.4, -0.2) is 24.5 Å². The van der Waals surface area contributed by atoms with Gasteiger partial charge in [-0.2, -0.15) is 0 Å². The predicted molar refractivity (Wildman–Crippen MR) is 100 cm³/mol. The fraction of sp³-hybridized carbons (Fsp3) is 0. The quantitative estimate of drug-likeness (QED) is 0.535. The van der Waals surface area contributed by atoms with Gasteiger partial charge < -0.3 is 4.98 Å². The molecule has 0 aliphatic carbocycles. The summed E-state index contributed by atoms with van der Waals surface area (Å²) in [5.41, 5.74) is 3.42. The number of H-pyrrole nitrogens is 1. The lowest BCUT2D eigenvalue weighted by Crippen LogP contribution is -2.14. The molecule has 0 radical (unpaired) electrons. The van der Waals surface area contributed by atoms with Gasteiger partial charge in [0.05, 0.1) is 17.4 Å². The molecule has 6 nitrogen and oxygen atoms in total. The van der Waals surface area contributed by atoms with Gasteiger partial charge in [-0.1, -0.05) is 36.4 Å². The highest BCUT2D eigenvalue weighted by molar-refractivity contribution is 5.93. The number of hydrogen-bond acceptors (Lipinski definition) is 4. The van der Waals surface area contributed by atoms with Gasteiger partial charge >= 0.3 is 5.69 Å². The van der Waals surface area contributed by atoms with Crippen LogP contribution < -0.4 is 5.69 Å². The lowest BCUT2D eigenvalue weighted by molar-refractivity contribution is 0.999. The molecule has 0 unspecified atom stereocenters. The van der Waals surface area contributed by atoms with Crippen LogP contribution in [0.2, 0.25) is 0 Å². The third kappa shape index (κ3) is 2.20. The van der Waals surface area contributed by atoms with Gasteiger partial charge in [-0.05, 0) is 24.3 Å². The molecule has 124 valence electrons. The van der Waals surface area contributed by atoms with E-state index in [4.69, 9.17) is 0 Å². The molecular weight excluding hydrogens is 326 g/mol. The smallest absolute Gasteiger partial charge is 0.303 e. The molecule has 0 aliphatic heterocycles. The number of para-hydroxylation sites is 1. The van der Waals surface area contributed by atoms with Crippen LogP contribution in [-0.2, 0) is 0 Å². The first-order chi connectivity index (χ1) is 12.8. The summed E-state index contributed by atoms with van der Waals surface area (Å²) in [4.78, 5) is 28.8. The third-order valence-electron chi connectivity index (χ3n) is 4.33. The normalized spacial score (nSPS) is 11.2. The van der Waals surface area contributed by atoms with Gasteiger partial charge in [0.2, 0.25) is 0 Å². The van der Waals surface area contributed by atoms with Gasteiger partial charge in [-0.25, -0.2) is 19.3 Å². The second-order valence-electron chi connectivity index (χ2n) is 5.91. The maximum Gasteiger partial charge on any atom is 0.332 e. The molecule has 1 N–H and O–H groups in total. The van der Waals surface area contributed by atoms with Crippen molar-refractivity contribution in [3.63, 3.8) is 0 Å². The summed E-state index contributed by atoms with van der Waals surface area (Å²) in [7, 11) is 0. The van der Waals surface area contributed by atoms with E-state index in [9.17, 15) is 4.79 Å². The number of imidazole rings is 1. The van der Waals surface area contributed by atoms with Crippen molar-refractivity contribution in [3.05, 3.63) is 83.5 Å².